The van der Waals surface area contributed by atoms with Crippen LogP contribution in [0.2, 0.25) is 0 Å². The normalized spacial score (nSPS) is 12.8. The van der Waals surface area contributed by atoms with Gasteiger partial charge in [-0.3, -0.25) is 4.79 Å². The van der Waals surface area contributed by atoms with Gasteiger partial charge in [-0.2, -0.15) is 0 Å². The molecule has 0 bridgehead atoms. The summed E-state index contributed by atoms with van der Waals surface area (Å²) in [5, 5.41) is 9.50. The predicted octanol–water partition coefficient (Wildman–Crippen LogP) is 3.08. The molecule has 4 nitrogen and oxygen atoms in total. The van der Waals surface area contributed by atoms with E-state index in [1.54, 1.807) is 0 Å². The van der Waals surface area contributed by atoms with Gasteiger partial charge < -0.3 is 16.0 Å². The molecule has 0 spiro atoms. The van der Waals surface area contributed by atoms with Crippen LogP contribution in [0.15, 0.2) is 42.5 Å². The molecule has 20 heavy (non-hydrogen) atoms. The van der Waals surface area contributed by atoms with E-state index in [1.165, 1.54) is 0 Å². The molecule has 3 N–H and O–H groups in total. The summed E-state index contributed by atoms with van der Waals surface area (Å²) in [6.45, 7) is 3.78. The number of fused-ring (bicyclic) bond motifs is 1. The zero-order chi connectivity index (χ0) is 13.9. The molecule has 1 aliphatic heterocycles. The van der Waals surface area contributed by atoms with Gasteiger partial charge in [0.15, 0.2) is 0 Å². The van der Waals surface area contributed by atoms with Crippen LogP contribution in [-0.2, 0) is 0 Å². The van der Waals surface area contributed by atoms with Crippen LogP contribution in [0.25, 0.3) is 0 Å². The molecule has 0 unspecified atom stereocenters. The highest BCUT2D eigenvalue weighted by molar-refractivity contribution is 6.05. The SMILES string of the molecule is Cc1cccc(NC(=O)c2ccc3c(c2)NCCN3)c1. The van der Waals surface area contributed by atoms with Gasteiger partial charge in [0.25, 0.3) is 5.91 Å². The lowest BCUT2D eigenvalue weighted by Gasteiger charge is -2.20. The fourth-order valence-electron chi connectivity index (χ4n) is 2.31. The van der Waals surface area contributed by atoms with Crippen LogP contribution in [0.3, 0.4) is 0 Å². The van der Waals surface area contributed by atoms with Crippen LogP contribution in [0.4, 0.5) is 17.1 Å². The van der Waals surface area contributed by atoms with Crippen LogP contribution < -0.4 is 16.0 Å². The van der Waals surface area contributed by atoms with Gasteiger partial charge in [0.1, 0.15) is 0 Å². The zero-order valence-electron chi connectivity index (χ0n) is 11.4. The highest BCUT2D eigenvalue weighted by Gasteiger charge is 2.12. The molecule has 0 radical (unpaired) electrons. The topological polar surface area (TPSA) is 53.2 Å². The second kappa shape index (κ2) is 5.25. The summed E-state index contributed by atoms with van der Waals surface area (Å²) in [5.74, 6) is -0.0919. The minimum atomic E-state index is -0.0919. The monoisotopic (exact) mass is 267 g/mol. The number of anilines is 3. The largest absolute Gasteiger partial charge is 0.382 e. The Morgan fingerprint density at radius 2 is 1.85 bits per heavy atom. The molecular formula is C16H17N3O. The fraction of sp³-hybridized carbons (Fsp3) is 0.188. The van der Waals surface area contributed by atoms with Crippen LogP contribution >= 0.6 is 0 Å². The van der Waals surface area contributed by atoms with Crippen LogP contribution in [0.5, 0.6) is 0 Å². The smallest absolute Gasteiger partial charge is 0.255 e. The van der Waals surface area contributed by atoms with E-state index < -0.39 is 0 Å². The van der Waals surface area contributed by atoms with E-state index in [-0.39, 0.29) is 5.91 Å². The number of carbonyl (C=O) groups is 1. The molecule has 0 saturated heterocycles. The highest BCUT2D eigenvalue weighted by Crippen LogP contribution is 2.25. The Morgan fingerprint density at radius 3 is 2.65 bits per heavy atom. The van der Waals surface area contributed by atoms with Gasteiger partial charge in [-0.25, -0.2) is 0 Å². The Kier molecular flexibility index (Phi) is 3.29. The van der Waals surface area contributed by atoms with Gasteiger partial charge in [-0.15, -0.1) is 0 Å². The molecule has 3 rings (SSSR count). The summed E-state index contributed by atoms with van der Waals surface area (Å²) in [6.07, 6.45) is 0. The average molecular weight is 267 g/mol. The van der Waals surface area contributed by atoms with Gasteiger partial charge in [-0.1, -0.05) is 12.1 Å². The minimum absolute atomic E-state index is 0.0919. The third kappa shape index (κ3) is 2.59. The number of aryl methyl sites for hydroxylation is 1. The van der Waals surface area contributed by atoms with Gasteiger partial charge in [0.2, 0.25) is 0 Å². The van der Waals surface area contributed by atoms with Crippen LogP contribution in [-0.4, -0.2) is 19.0 Å². The average Bonchev–Trinajstić information content (AvgIpc) is 2.47. The first-order valence-electron chi connectivity index (χ1n) is 6.72. The lowest BCUT2D eigenvalue weighted by atomic mass is 10.1. The molecule has 4 heteroatoms. The number of benzene rings is 2. The number of rotatable bonds is 2. The summed E-state index contributed by atoms with van der Waals surface area (Å²) in [6, 6.07) is 13.4. The van der Waals surface area contributed by atoms with E-state index in [0.29, 0.717) is 5.56 Å². The minimum Gasteiger partial charge on any atom is -0.382 e. The molecular weight excluding hydrogens is 250 g/mol. The maximum absolute atomic E-state index is 12.3. The van der Waals surface area contributed by atoms with Crippen molar-refractivity contribution >= 4 is 23.0 Å². The Hall–Kier alpha value is -2.49. The number of nitrogens with one attached hydrogen (secondary N) is 3. The Balaban J connectivity index is 1.80. The molecule has 2 aromatic rings. The third-order valence-corrected chi connectivity index (χ3v) is 3.31. The second-order valence-electron chi connectivity index (χ2n) is 4.94. The molecule has 1 heterocycles. The lowest BCUT2D eigenvalue weighted by Crippen LogP contribution is -2.21. The van der Waals surface area contributed by atoms with Crippen LogP contribution in [0, 0.1) is 6.92 Å². The van der Waals surface area contributed by atoms with E-state index in [4.69, 9.17) is 0 Å². The maximum atomic E-state index is 12.3. The van der Waals surface area contributed by atoms with E-state index in [2.05, 4.69) is 16.0 Å². The van der Waals surface area contributed by atoms with Crippen molar-refractivity contribution in [1.82, 2.24) is 0 Å². The standard InChI is InChI=1S/C16H17N3O/c1-11-3-2-4-13(9-11)19-16(20)12-5-6-14-15(10-12)18-8-7-17-14/h2-6,9-10,17-18H,7-8H2,1H3,(H,19,20). The summed E-state index contributed by atoms with van der Waals surface area (Å²) >= 11 is 0. The van der Waals surface area contributed by atoms with E-state index >= 15 is 0 Å². The Morgan fingerprint density at radius 1 is 1.05 bits per heavy atom. The summed E-state index contributed by atoms with van der Waals surface area (Å²) < 4.78 is 0. The zero-order valence-corrected chi connectivity index (χ0v) is 11.4. The number of carbonyl (C=O) groups excluding carboxylic acids is 1. The van der Waals surface area contributed by atoms with Gasteiger partial charge >= 0.3 is 0 Å². The molecule has 0 aromatic heterocycles. The van der Waals surface area contributed by atoms with Crippen molar-refractivity contribution in [2.45, 2.75) is 6.92 Å². The van der Waals surface area contributed by atoms with Crippen molar-refractivity contribution in [1.29, 1.82) is 0 Å². The van der Waals surface area contributed by atoms with Gasteiger partial charge in [-0.05, 0) is 42.8 Å². The summed E-state index contributed by atoms with van der Waals surface area (Å²) in [5.41, 5.74) is 4.62. The van der Waals surface area contributed by atoms with Crippen LogP contribution in [0.1, 0.15) is 15.9 Å². The molecule has 0 fully saturated rings. The van der Waals surface area contributed by atoms with Gasteiger partial charge in [0.05, 0.1) is 11.4 Å². The number of hydrogen-bond acceptors (Lipinski definition) is 3. The van der Waals surface area contributed by atoms with Gasteiger partial charge in [0, 0.05) is 24.3 Å². The maximum Gasteiger partial charge on any atom is 0.255 e. The fourth-order valence-corrected chi connectivity index (χ4v) is 2.31. The van der Waals surface area contributed by atoms with Crippen molar-refractivity contribution in [3.63, 3.8) is 0 Å². The first-order valence-corrected chi connectivity index (χ1v) is 6.72. The Labute approximate surface area is 118 Å². The molecule has 1 amide bonds. The third-order valence-electron chi connectivity index (χ3n) is 3.31. The molecule has 102 valence electrons. The van der Waals surface area contributed by atoms with Crippen molar-refractivity contribution in [3.05, 3.63) is 53.6 Å². The molecule has 0 aliphatic carbocycles. The molecule has 2 aromatic carbocycles. The predicted molar refractivity (Wildman–Crippen MR) is 82.6 cm³/mol. The quantitative estimate of drug-likeness (QED) is 0.783. The van der Waals surface area contributed by atoms with E-state index in [1.807, 2.05) is 49.4 Å². The molecule has 0 saturated carbocycles. The summed E-state index contributed by atoms with van der Waals surface area (Å²) in [4.78, 5) is 12.3. The van der Waals surface area contributed by atoms with Crippen molar-refractivity contribution < 1.29 is 4.79 Å². The highest BCUT2D eigenvalue weighted by atomic mass is 16.1. The lowest BCUT2D eigenvalue weighted by molar-refractivity contribution is 0.102. The molecule has 1 aliphatic rings. The first kappa shape index (κ1) is 12.5. The van der Waals surface area contributed by atoms with E-state index in [0.717, 1.165) is 35.7 Å². The molecule has 0 atom stereocenters. The first-order chi connectivity index (χ1) is 9.72. The van der Waals surface area contributed by atoms with E-state index in [9.17, 15) is 4.79 Å². The number of amides is 1. The van der Waals surface area contributed by atoms with Crippen molar-refractivity contribution in [2.75, 3.05) is 29.0 Å². The summed E-state index contributed by atoms with van der Waals surface area (Å²) in [7, 11) is 0. The second-order valence-corrected chi connectivity index (χ2v) is 4.94. The number of hydrogen-bond donors (Lipinski definition) is 3. The van der Waals surface area contributed by atoms with Crippen molar-refractivity contribution in [3.8, 4) is 0 Å². The Bertz CT molecular complexity index is 652. The van der Waals surface area contributed by atoms with Crippen molar-refractivity contribution in [2.24, 2.45) is 0 Å².